The molecule has 4 aromatic rings. The Morgan fingerprint density at radius 1 is 0.857 bits per heavy atom. The van der Waals surface area contributed by atoms with E-state index < -0.39 is 60.2 Å². The molecule has 0 aliphatic carbocycles. The Morgan fingerprint density at radius 3 is 2.36 bits per heavy atom. The van der Waals surface area contributed by atoms with Crippen LogP contribution >= 0.6 is 0 Å². The van der Waals surface area contributed by atoms with E-state index in [2.05, 4.69) is 0 Å². The standard InChI is InChI=1S/C30H26O12/c31-18-8-7-16(10-19(18)32)22-13-21(34)26-20(33)11-17(12-23(26)41-22)40-30-29(38)28(37)27(36)24(42-30)14-39-25(35)9-6-15-4-2-1-3-5-15/h1-13,24,27-33,36-38H,14H2/t24-,27-,28-,29-,30-/m0/s1. The van der Waals surface area contributed by atoms with E-state index in [4.69, 9.17) is 18.6 Å². The first kappa shape index (κ1) is 28.6. The van der Waals surface area contributed by atoms with Gasteiger partial charge in [-0.05, 0) is 29.8 Å². The minimum atomic E-state index is -1.75. The minimum absolute atomic E-state index is 0.00930. The van der Waals surface area contributed by atoms with Crippen molar-refractivity contribution in [1.29, 1.82) is 0 Å². The number of aromatic hydroxyl groups is 3. The van der Waals surface area contributed by atoms with Gasteiger partial charge < -0.3 is 49.3 Å². The van der Waals surface area contributed by atoms with Crippen molar-refractivity contribution in [2.75, 3.05) is 6.61 Å². The van der Waals surface area contributed by atoms with E-state index in [-0.39, 0.29) is 33.8 Å². The van der Waals surface area contributed by atoms with Crippen LogP contribution in [0.1, 0.15) is 5.56 Å². The lowest BCUT2D eigenvalue weighted by atomic mass is 9.99. The predicted octanol–water partition coefficient (Wildman–Crippen LogP) is 2.02. The molecule has 5 rings (SSSR count). The van der Waals surface area contributed by atoms with Crippen molar-refractivity contribution >= 4 is 23.0 Å². The van der Waals surface area contributed by atoms with Crippen molar-refractivity contribution in [3.63, 3.8) is 0 Å². The number of fused-ring (bicyclic) bond motifs is 1. The zero-order valence-electron chi connectivity index (χ0n) is 21.7. The van der Waals surface area contributed by atoms with Crippen molar-refractivity contribution in [1.82, 2.24) is 0 Å². The molecule has 1 saturated heterocycles. The van der Waals surface area contributed by atoms with Gasteiger partial charge in [0.2, 0.25) is 6.29 Å². The monoisotopic (exact) mass is 578 g/mol. The Labute approximate surface area is 237 Å². The largest absolute Gasteiger partial charge is 0.507 e. The molecular formula is C30H26O12. The van der Waals surface area contributed by atoms with Crippen molar-refractivity contribution in [2.24, 2.45) is 0 Å². The van der Waals surface area contributed by atoms with Crippen LogP contribution in [-0.4, -0.2) is 73.9 Å². The van der Waals surface area contributed by atoms with E-state index in [0.29, 0.717) is 0 Å². The van der Waals surface area contributed by atoms with Crippen molar-refractivity contribution in [3.8, 4) is 34.3 Å². The fraction of sp³-hybridized carbons (Fsp3) is 0.200. The van der Waals surface area contributed by atoms with Gasteiger partial charge >= 0.3 is 5.97 Å². The van der Waals surface area contributed by atoms with Gasteiger partial charge in [0, 0.05) is 29.8 Å². The van der Waals surface area contributed by atoms with Gasteiger partial charge in [-0.15, -0.1) is 0 Å². The highest BCUT2D eigenvalue weighted by atomic mass is 16.7. The van der Waals surface area contributed by atoms with E-state index in [9.17, 15) is 40.2 Å². The summed E-state index contributed by atoms with van der Waals surface area (Å²) in [5.74, 6) is -2.19. The molecule has 0 saturated carbocycles. The molecule has 1 fully saturated rings. The molecule has 0 unspecified atom stereocenters. The highest BCUT2D eigenvalue weighted by Gasteiger charge is 2.45. The number of rotatable bonds is 7. The van der Waals surface area contributed by atoms with Crippen molar-refractivity contribution in [2.45, 2.75) is 30.7 Å². The minimum Gasteiger partial charge on any atom is -0.507 e. The van der Waals surface area contributed by atoms with Gasteiger partial charge in [0.05, 0.1) is 0 Å². The number of aliphatic hydroxyl groups is 3. The van der Waals surface area contributed by atoms with Crippen LogP contribution in [0.5, 0.6) is 23.0 Å². The van der Waals surface area contributed by atoms with E-state index in [1.54, 1.807) is 24.3 Å². The summed E-state index contributed by atoms with van der Waals surface area (Å²) < 4.78 is 22.1. The first-order chi connectivity index (χ1) is 20.1. The fourth-order valence-electron chi connectivity index (χ4n) is 4.36. The third kappa shape index (κ3) is 6.06. The van der Waals surface area contributed by atoms with Crippen molar-refractivity contribution < 1.29 is 54.1 Å². The average molecular weight is 579 g/mol. The lowest BCUT2D eigenvalue weighted by Crippen LogP contribution is -2.60. The summed E-state index contributed by atoms with van der Waals surface area (Å²) in [6.07, 6.45) is -5.28. The highest BCUT2D eigenvalue weighted by Crippen LogP contribution is 2.35. The summed E-state index contributed by atoms with van der Waals surface area (Å²) >= 11 is 0. The molecule has 12 heteroatoms. The zero-order chi connectivity index (χ0) is 30.0. The number of carbonyl (C=O) groups excluding carboxylic acids is 1. The van der Waals surface area contributed by atoms with Crippen LogP contribution in [-0.2, 0) is 14.3 Å². The molecule has 0 bridgehead atoms. The summed E-state index contributed by atoms with van der Waals surface area (Å²) in [7, 11) is 0. The molecule has 1 aromatic heterocycles. The van der Waals surface area contributed by atoms with Gasteiger partial charge in [-0.1, -0.05) is 30.3 Å². The Kier molecular flexibility index (Phi) is 8.13. The molecule has 0 spiro atoms. The number of carbonyl (C=O) groups is 1. The molecule has 3 aromatic carbocycles. The Bertz CT molecular complexity index is 1680. The molecular weight excluding hydrogens is 552 g/mol. The van der Waals surface area contributed by atoms with Gasteiger partial charge in [0.25, 0.3) is 0 Å². The van der Waals surface area contributed by atoms with Crippen LogP contribution in [0.2, 0.25) is 0 Å². The molecule has 12 nitrogen and oxygen atoms in total. The predicted molar refractivity (Wildman–Crippen MR) is 147 cm³/mol. The number of benzene rings is 3. The molecule has 218 valence electrons. The molecule has 1 aliphatic rings. The second-order valence-corrected chi connectivity index (χ2v) is 9.50. The third-order valence-corrected chi connectivity index (χ3v) is 6.57. The molecule has 42 heavy (non-hydrogen) atoms. The first-order valence-electron chi connectivity index (χ1n) is 12.7. The van der Waals surface area contributed by atoms with Gasteiger partial charge in [0.1, 0.15) is 59.3 Å². The molecule has 1 aliphatic heterocycles. The number of hydrogen-bond acceptors (Lipinski definition) is 12. The molecule has 0 amide bonds. The lowest BCUT2D eigenvalue weighted by molar-refractivity contribution is -0.278. The van der Waals surface area contributed by atoms with E-state index in [1.807, 2.05) is 6.07 Å². The molecule has 5 atom stereocenters. The Morgan fingerprint density at radius 2 is 1.62 bits per heavy atom. The molecule has 0 radical (unpaired) electrons. The van der Waals surface area contributed by atoms with Gasteiger partial charge in [0.15, 0.2) is 16.9 Å². The third-order valence-electron chi connectivity index (χ3n) is 6.57. The number of hydrogen-bond donors (Lipinski definition) is 6. The summed E-state index contributed by atoms with van der Waals surface area (Å²) in [6.45, 7) is -0.483. The van der Waals surface area contributed by atoms with Crippen LogP contribution in [0.3, 0.4) is 0 Å². The molecule has 2 heterocycles. The maximum atomic E-state index is 12.7. The number of phenols is 3. The quantitative estimate of drug-likeness (QED) is 0.106. The second-order valence-electron chi connectivity index (χ2n) is 9.50. The van der Waals surface area contributed by atoms with Crippen LogP contribution in [0, 0.1) is 0 Å². The van der Waals surface area contributed by atoms with Crippen LogP contribution in [0.15, 0.2) is 82.0 Å². The van der Waals surface area contributed by atoms with E-state index in [1.165, 1.54) is 36.4 Å². The van der Waals surface area contributed by atoms with E-state index in [0.717, 1.165) is 17.7 Å². The van der Waals surface area contributed by atoms with Crippen LogP contribution in [0.4, 0.5) is 0 Å². The fourth-order valence-corrected chi connectivity index (χ4v) is 4.36. The number of phenolic OH excluding ortho intramolecular Hbond substituents is 3. The highest BCUT2D eigenvalue weighted by molar-refractivity contribution is 5.87. The van der Waals surface area contributed by atoms with Gasteiger partial charge in [-0.2, -0.15) is 0 Å². The normalized spacial score (nSPS) is 22.3. The smallest absolute Gasteiger partial charge is 0.330 e. The second kappa shape index (κ2) is 11.9. The van der Waals surface area contributed by atoms with Crippen LogP contribution < -0.4 is 10.2 Å². The van der Waals surface area contributed by atoms with E-state index >= 15 is 0 Å². The van der Waals surface area contributed by atoms with Crippen molar-refractivity contribution in [3.05, 3.63) is 88.6 Å². The number of aliphatic hydroxyl groups excluding tert-OH is 3. The average Bonchev–Trinajstić information content (AvgIpc) is 2.97. The summed E-state index contributed by atoms with van der Waals surface area (Å²) in [5.41, 5.74) is 0.285. The van der Waals surface area contributed by atoms with Crippen LogP contribution in [0.25, 0.3) is 28.4 Å². The SMILES string of the molecule is O=C(C=Cc1ccccc1)OC[C@@H]1O[C@H](Oc2cc(O)c3c(=O)cc(-c4ccc(O)c(O)c4)oc3c2)[C@@H](O)[C@@H](O)[C@H]1O. The van der Waals surface area contributed by atoms with Gasteiger partial charge in [-0.25, -0.2) is 4.79 Å². The summed E-state index contributed by atoms with van der Waals surface area (Å²) in [4.78, 5) is 24.9. The Balaban J connectivity index is 1.34. The maximum absolute atomic E-state index is 12.7. The number of ether oxygens (including phenoxy) is 3. The van der Waals surface area contributed by atoms with Gasteiger partial charge in [-0.3, -0.25) is 4.79 Å². The maximum Gasteiger partial charge on any atom is 0.330 e. The zero-order valence-corrected chi connectivity index (χ0v) is 21.7. The summed E-state index contributed by atoms with van der Waals surface area (Å²) in [6, 6.07) is 16.2. The topological polar surface area (TPSA) is 196 Å². The molecule has 6 N–H and O–H groups in total. The summed E-state index contributed by atoms with van der Waals surface area (Å²) in [5, 5.41) is 61.0. The lowest BCUT2D eigenvalue weighted by Gasteiger charge is -2.39. The number of esters is 1. The Hall–Kier alpha value is -4.88. The first-order valence-corrected chi connectivity index (χ1v) is 12.7.